The first-order chi connectivity index (χ1) is 8.30. The maximum Gasteiger partial charge on any atom is 0.0932 e. The Kier molecular flexibility index (Phi) is 3.54. The first kappa shape index (κ1) is 14.3. The first-order valence-corrected chi connectivity index (χ1v) is 7.24. The van der Waals surface area contributed by atoms with Crippen LogP contribution in [0.4, 0.5) is 0 Å². The molecule has 0 aliphatic heterocycles. The molecule has 0 saturated heterocycles. The molecule has 0 aromatic heterocycles. The predicted octanol–water partition coefficient (Wildman–Crippen LogP) is 1.94. The van der Waals surface area contributed by atoms with Crippen LogP contribution in [0.5, 0.6) is 0 Å². The van der Waals surface area contributed by atoms with Crippen LogP contribution < -0.4 is 0 Å². The summed E-state index contributed by atoms with van der Waals surface area (Å²) in [4.78, 5) is 0. The molecule has 2 rings (SSSR count). The van der Waals surface area contributed by atoms with Gasteiger partial charge in [-0.15, -0.1) is 0 Å². The highest BCUT2D eigenvalue weighted by Gasteiger charge is 2.58. The van der Waals surface area contributed by atoms with E-state index in [2.05, 4.69) is 20.8 Å². The van der Waals surface area contributed by atoms with E-state index in [4.69, 9.17) is 0 Å². The van der Waals surface area contributed by atoms with Crippen molar-refractivity contribution >= 4 is 0 Å². The lowest BCUT2D eigenvalue weighted by molar-refractivity contribution is -0.199. The van der Waals surface area contributed by atoms with Gasteiger partial charge in [0.25, 0.3) is 0 Å². The van der Waals surface area contributed by atoms with Crippen LogP contribution in [0.15, 0.2) is 0 Å². The highest BCUT2D eigenvalue weighted by molar-refractivity contribution is 5.08. The summed E-state index contributed by atoms with van der Waals surface area (Å²) < 4.78 is 0. The van der Waals surface area contributed by atoms with Gasteiger partial charge in [0.1, 0.15) is 0 Å². The molecule has 3 heteroatoms. The molecule has 0 radical (unpaired) electrons. The van der Waals surface area contributed by atoms with Crippen molar-refractivity contribution in [1.82, 2.24) is 0 Å². The molecular weight excluding hydrogens is 228 g/mol. The minimum absolute atomic E-state index is 0.0276. The summed E-state index contributed by atoms with van der Waals surface area (Å²) >= 11 is 0. The zero-order valence-electron chi connectivity index (χ0n) is 11.9. The topological polar surface area (TPSA) is 60.7 Å². The van der Waals surface area contributed by atoms with Gasteiger partial charge >= 0.3 is 0 Å². The Hall–Kier alpha value is -0.120. The minimum Gasteiger partial charge on any atom is -0.396 e. The lowest BCUT2D eigenvalue weighted by atomic mass is 9.45. The summed E-state index contributed by atoms with van der Waals surface area (Å²) in [5.41, 5.74) is -0.864. The molecular formula is C15H28O3. The fraction of sp³-hybridized carbons (Fsp3) is 1.00. The van der Waals surface area contributed by atoms with Crippen LogP contribution in [0.2, 0.25) is 0 Å². The van der Waals surface area contributed by atoms with Gasteiger partial charge in [-0.05, 0) is 42.4 Å². The Morgan fingerprint density at radius 2 is 1.72 bits per heavy atom. The van der Waals surface area contributed by atoms with E-state index in [9.17, 15) is 15.3 Å². The van der Waals surface area contributed by atoms with Crippen molar-refractivity contribution in [1.29, 1.82) is 0 Å². The molecule has 0 heterocycles. The fourth-order valence-corrected chi connectivity index (χ4v) is 5.05. The maximum atomic E-state index is 10.6. The Morgan fingerprint density at radius 1 is 1.06 bits per heavy atom. The van der Waals surface area contributed by atoms with Crippen molar-refractivity contribution in [3.8, 4) is 0 Å². The van der Waals surface area contributed by atoms with Gasteiger partial charge in [-0.2, -0.15) is 0 Å². The van der Waals surface area contributed by atoms with Crippen molar-refractivity contribution in [3.63, 3.8) is 0 Å². The second kappa shape index (κ2) is 4.46. The molecule has 0 unspecified atom stereocenters. The van der Waals surface area contributed by atoms with Gasteiger partial charge in [0, 0.05) is 12.5 Å². The zero-order chi connectivity index (χ0) is 13.6. The Bertz CT molecular complexity index is 315. The SMILES string of the molecule is CC1(C)CCC[C@]2(C)[C@H](CO)[C@@](O)(CO)CC[C@@H]12. The number of rotatable bonds is 2. The lowest BCUT2D eigenvalue weighted by Gasteiger charge is -2.61. The molecule has 2 aliphatic carbocycles. The minimum atomic E-state index is -1.09. The second-order valence-corrected chi connectivity index (χ2v) is 7.44. The van der Waals surface area contributed by atoms with E-state index in [1.807, 2.05) is 0 Å². The summed E-state index contributed by atoms with van der Waals surface area (Å²) in [5.74, 6) is 0.330. The van der Waals surface area contributed by atoms with Gasteiger partial charge in [-0.25, -0.2) is 0 Å². The summed E-state index contributed by atoms with van der Waals surface area (Å²) in [6, 6.07) is 0. The van der Waals surface area contributed by atoms with Crippen molar-refractivity contribution in [3.05, 3.63) is 0 Å². The van der Waals surface area contributed by atoms with Crippen LogP contribution in [-0.2, 0) is 0 Å². The molecule has 0 bridgehead atoms. The first-order valence-electron chi connectivity index (χ1n) is 7.24. The second-order valence-electron chi connectivity index (χ2n) is 7.44. The van der Waals surface area contributed by atoms with Crippen LogP contribution >= 0.6 is 0 Å². The Morgan fingerprint density at radius 3 is 2.28 bits per heavy atom. The molecule has 3 N–H and O–H groups in total. The molecule has 0 aromatic carbocycles. The van der Waals surface area contributed by atoms with Gasteiger partial charge in [-0.3, -0.25) is 0 Å². The van der Waals surface area contributed by atoms with E-state index in [0.29, 0.717) is 12.3 Å². The van der Waals surface area contributed by atoms with E-state index < -0.39 is 5.60 Å². The molecule has 0 aromatic rings. The van der Waals surface area contributed by atoms with Gasteiger partial charge < -0.3 is 15.3 Å². The van der Waals surface area contributed by atoms with Crippen molar-refractivity contribution in [2.45, 2.75) is 58.5 Å². The zero-order valence-corrected chi connectivity index (χ0v) is 11.9. The monoisotopic (exact) mass is 256 g/mol. The normalized spacial score (nSPS) is 47.7. The smallest absolute Gasteiger partial charge is 0.0932 e. The van der Waals surface area contributed by atoms with Crippen LogP contribution in [0.3, 0.4) is 0 Å². The molecule has 0 spiro atoms. The standard InChI is InChI=1S/C15H28O3/c1-13(2)6-4-7-14(3)11(13)5-8-15(18,10-17)12(14)9-16/h11-12,16-18H,4-10H2,1-3H3/t11-,12-,14-,15-/m0/s1. The summed E-state index contributed by atoms with van der Waals surface area (Å²) in [7, 11) is 0. The average Bonchev–Trinajstić information content (AvgIpc) is 2.27. The highest BCUT2D eigenvalue weighted by atomic mass is 16.3. The van der Waals surface area contributed by atoms with E-state index in [1.165, 1.54) is 6.42 Å². The van der Waals surface area contributed by atoms with Crippen LogP contribution in [0.1, 0.15) is 52.9 Å². The number of aliphatic hydroxyl groups is 3. The molecule has 2 saturated carbocycles. The number of aliphatic hydroxyl groups excluding tert-OH is 2. The number of hydrogen-bond acceptors (Lipinski definition) is 3. The summed E-state index contributed by atoms with van der Waals surface area (Å²) in [6.45, 7) is 6.57. The molecule has 106 valence electrons. The number of fused-ring (bicyclic) bond motifs is 1. The summed E-state index contributed by atoms with van der Waals surface area (Å²) in [6.07, 6.45) is 4.99. The van der Waals surface area contributed by atoms with Crippen LogP contribution in [0.25, 0.3) is 0 Å². The lowest BCUT2D eigenvalue weighted by Crippen LogP contribution is -2.61. The third-order valence-corrected chi connectivity index (χ3v) is 6.04. The van der Waals surface area contributed by atoms with Gasteiger partial charge in [0.05, 0.1) is 12.2 Å². The van der Waals surface area contributed by atoms with E-state index in [0.717, 1.165) is 19.3 Å². The Labute approximate surface area is 110 Å². The van der Waals surface area contributed by atoms with Crippen molar-refractivity contribution in [2.24, 2.45) is 22.7 Å². The van der Waals surface area contributed by atoms with Crippen molar-refractivity contribution < 1.29 is 15.3 Å². The largest absolute Gasteiger partial charge is 0.396 e. The van der Waals surface area contributed by atoms with Crippen LogP contribution in [-0.4, -0.2) is 34.1 Å². The van der Waals surface area contributed by atoms with E-state index in [1.54, 1.807) is 0 Å². The maximum absolute atomic E-state index is 10.6. The van der Waals surface area contributed by atoms with E-state index >= 15 is 0 Å². The molecule has 2 fully saturated rings. The van der Waals surface area contributed by atoms with Gasteiger partial charge in [0.2, 0.25) is 0 Å². The van der Waals surface area contributed by atoms with E-state index in [-0.39, 0.29) is 30.0 Å². The van der Waals surface area contributed by atoms with Crippen molar-refractivity contribution in [2.75, 3.05) is 13.2 Å². The molecule has 2 aliphatic rings. The fourth-order valence-electron chi connectivity index (χ4n) is 5.05. The molecule has 18 heavy (non-hydrogen) atoms. The van der Waals surface area contributed by atoms with Crippen LogP contribution in [0, 0.1) is 22.7 Å². The third kappa shape index (κ3) is 1.91. The number of hydrogen-bond donors (Lipinski definition) is 3. The molecule has 4 atom stereocenters. The Balaban J connectivity index is 2.37. The molecule has 0 amide bonds. The van der Waals surface area contributed by atoms with Gasteiger partial charge in [-0.1, -0.05) is 27.2 Å². The molecule has 3 nitrogen and oxygen atoms in total. The highest BCUT2D eigenvalue weighted by Crippen LogP contribution is 2.61. The third-order valence-electron chi connectivity index (χ3n) is 6.04. The quantitative estimate of drug-likeness (QED) is 0.707. The average molecular weight is 256 g/mol. The van der Waals surface area contributed by atoms with Gasteiger partial charge in [0.15, 0.2) is 0 Å². The predicted molar refractivity (Wildman–Crippen MR) is 71.1 cm³/mol. The summed E-state index contributed by atoms with van der Waals surface area (Å²) in [5, 5.41) is 29.9.